The molecule has 0 radical (unpaired) electrons. The van der Waals surface area contributed by atoms with Crippen LogP contribution >= 0.6 is 0 Å². The highest BCUT2D eigenvalue weighted by Gasteiger charge is 2.35. The average Bonchev–Trinajstić information content (AvgIpc) is 3.13. The molecular weight excluding hydrogens is 639 g/mol. The molecule has 4 aromatic rings. The molecule has 10 heteroatoms. The van der Waals surface area contributed by atoms with Gasteiger partial charge in [-0.25, -0.2) is 8.42 Å². The number of carbonyl (C=O) groups is 2. The molecule has 4 aromatic carbocycles. The number of benzene rings is 4. The van der Waals surface area contributed by atoms with Crippen LogP contribution in [0.4, 0.5) is 5.69 Å². The maximum Gasteiger partial charge on any atom is 0.264 e. The molecule has 258 valence electrons. The van der Waals surface area contributed by atoms with Crippen LogP contribution in [-0.2, 0) is 32.6 Å². The Morgan fingerprint density at radius 1 is 0.796 bits per heavy atom. The summed E-state index contributed by atoms with van der Waals surface area (Å²) >= 11 is 0. The standard InChI is InChI=1S/C39H45N3O6S/c1-29-17-19-33(20-18-29)42(49(45,46)36-23-21-34(47-2)22-24-36)28-38(43)41(27-31-13-10-16-35(25-31)48-3)37(26-30-11-6-4-7-12-30)39(44)40-32-14-8-5-9-15-32/h4,6-7,10-13,16-25,32,37H,5,8-9,14-15,26-28H2,1-3H3,(H,40,44)/t37-/m0/s1. The second kappa shape index (κ2) is 16.5. The van der Waals surface area contributed by atoms with Gasteiger partial charge < -0.3 is 19.7 Å². The van der Waals surface area contributed by atoms with Crippen molar-refractivity contribution in [1.29, 1.82) is 0 Å². The van der Waals surface area contributed by atoms with E-state index >= 15 is 0 Å². The van der Waals surface area contributed by atoms with Crippen molar-refractivity contribution in [2.75, 3.05) is 25.1 Å². The minimum absolute atomic E-state index is 0.0110. The Morgan fingerprint density at radius 2 is 1.45 bits per heavy atom. The number of nitrogens with zero attached hydrogens (tertiary/aromatic N) is 2. The van der Waals surface area contributed by atoms with Gasteiger partial charge in [0.25, 0.3) is 10.0 Å². The van der Waals surface area contributed by atoms with Gasteiger partial charge in [0.2, 0.25) is 11.8 Å². The molecule has 5 rings (SSSR count). The second-order valence-corrected chi connectivity index (χ2v) is 14.3. The predicted molar refractivity (Wildman–Crippen MR) is 191 cm³/mol. The topological polar surface area (TPSA) is 105 Å². The summed E-state index contributed by atoms with van der Waals surface area (Å²) in [6, 6.07) is 29.1. The van der Waals surface area contributed by atoms with Crippen molar-refractivity contribution in [3.05, 3.63) is 120 Å². The maximum atomic E-state index is 14.7. The Labute approximate surface area is 289 Å². The Morgan fingerprint density at radius 3 is 2.10 bits per heavy atom. The number of methoxy groups -OCH3 is 2. The number of amides is 2. The molecule has 0 aromatic heterocycles. The molecule has 1 atom stereocenters. The summed E-state index contributed by atoms with van der Waals surface area (Å²) in [5.41, 5.74) is 2.91. The van der Waals surface area contributed by atoms with Crippen LogP contribution in [0, 0.1) is 6.92 Å². The summed E-state index contributed by atoms with van der Waals surface area (Å²) in [5, 5.41) is 3.24. The Balaban J connectivity index is 1.57. The third kappa shape index (κ3) is 9.20. The molecule has 0 bridgehead atoms. The van der Waals surface area contributed by atoms with E-state index in [1.807, 2.05) is 61.5 Å². The minimum Gasteiger partial charge on any atom is -0.497 e. The Bertz CT molecular complexity index is 1790. The van der Waals surface area contributed by atoms with E-state index in [4.69, 9.17) is 9.47 Å². The van der Waals surface area contributed by atoms with Crippen molar-refractivity contribution in [2.24, 2.45) is 0 Å². The monoisotopic (exact) mass is 683 g/mol. The molecule has 1 saturated carbocycles. The fourth-order valence-electron chi connectivity index (χ4n) is 6.18. The van der Waals surface area contributed by atoms with Crippen LogP contribution in [0.1, 0.15) is 48.8 Å². The number of hydrogen-bond acceptors (Lipinski definition) is 6. The van der Waals surface area contributed by atoms with Crippen LogP contribution < -0.4 is 19.1 Å². The molecule has 0 spiro atoms. The zero-order valence-corrected chi connectivity index (χ0v) is 29.2. The van der Waals surface area contributed by atoms with E-state index in [0.29, 0.717) is 17.2 Å². The number of hydrogen-bond donors (Lipinski definition) is 1. The van der Waals surface area contributed by atoms with Crippen LogP contribution in [0.2, 0.25) is 0 Å². The minimum atomic E-state index is -4.22. The lowest BCUT2D eigenvalue weighted by Gasteiger charge is -2.35. The van der Waals surface area contributed by atoms with Crippen molar-refractivity contribution < 1.29 is 27.5 Å². The molecule has 0 saturated heterocycles. The van der Waals surface area contributed by atoms with E-state index in [1.54, 1.807) is 43.5 Å². The largest absolute Gasteiger partial charge is 0.497 e. The molecule has 49 heavy (non-hydrogen) atoms. The van der Waals surface area contributed by atoms with Gasteiger partial charge in [-0.1, -0.05) is 79.4 Å². The Kier molecular flexibility index (Phi) is 12.0. The van der Waals surface area contributed by atoms with Gasteiger partial charge in [-0.05, 0) is 79.4 Å². The van der Waals surface area contributed by atoms with Gasteiger partial charge in [0.1, 0.15) is 24.1 Å². The highest BCUT2D eigenvalue weighted by molar-refractivity contribution is 7.92. The highest BCUT2D eigenvalue weighted by Crippen LogP contribution is 2.27. The molecule has 2 amide bonds. The molecule has 0 heterocycles. The number of sulfonamides is 1. The quantitative estimate of drug-likeness (QED) is 0.167. The second-order valence-electron chi connectivity index (χ2n) is 12.4. The summed E-state index contributed by atoms with van der Waals surface area (Å²) in [7, 11) is -1.14. The van der Waals surface area contributed by atoms with Crippen molar-refractivity contribution in [1.82, 2.24) is 10.2 Å². The number of nitrogens with one attached hydrogen (secondary N) is 1. The van der Waals surface area contributed by atoms with E-state index in [-0.39, 0.29) is 29.8 Å². The highest BCUT2D eigenvalue weighted by atomic mass is 32.2. The first-order valence-corrected chi connectivity index (χ1v) is 18.1. The third-order valence-corrected chi connectivity index (χ3v) is 10.7. The summed E-state index contributed by atoms with van der Waals surface area (Å²) in [6.07, 6.45) is 5.23. The maximum absolute atomic E-state index is 14.7. The molecule has 9 nitrogen and oxygen atoms in total. The number of ether oxygens (including phenoxy) is 2. The van der Waals surface area contributed by atoms with Crippen LogP contribution in [0.5, 0.6) is 11.5 Å². The van der Waals surface area contributed by atoms with Gasteiger partial charge in [0, 0.05) is 19.0 Å². The SMILES string of the molecule is COc1ccc(S(=O)(=O)N(CC(=O)N(Cc2cccc(OC)c2)[C@@H](Cc2ccccc2)C(=O)NC2CCCCC2)c2ccc(C)cc2)cc1. The molecule has 1 fully saturated rings. The summed E-state index contributed by atoms with van der Waals surface area (Å²) in [5.74, 6) is 0.348. The van der Waals surface area contributed by atoms with Crippen LogP contribution in [0.15, 0.2) is 108 Å². The van der Waals surface area contributed by atoms with Crippen molar-refractivity contribution >= 4 is 27.5 Å². The Hall–Kier alpha value is -4.83. The van der Waals surface area contributed by atoms with Gasteiger partial charge in [-0.3, -0.25) is 13.9 Å². The average molecular weight is 684 g/mol. The number of aryl methyl sites for hydroxylation is 1. The fourth-order valence-corrected chi connectivity index (χ4v) is 7.59. The molecule has 1 aliphatic rings. The van der Waals surface area contributed by atoms with Gasteiger partial charge >= 0.3 is 0 Å². The van der Waals surface area contributed by atoms with Crippen molar-refractivity contribution in [3.63, 3.8) is 0 Å². The first-order valence-electron chi connectivity index (χ1n) is 16.7. The van der Waals surface area contributed by atoms with E-state index in [2.05, 4.69) is 5.32 Å². The lowest BCUT2D eigenvalue weighted by molar-refractivity contribution is -0.140. The van der Waals surface area contributed by atoms with Gasteiger partial charge in [0.05, 0.1) is 24.8 Å². The van der Waals surface area contributed by atoms with Crippen molar-refractivity contribution in [2.45, 2.75) is 69.0 Å². The van der Waals surface area contributed by atoms with Gasteiger partial charge in [-0.2, -0.15) is 0 Å². The van der Waals surface area contributed by atoms with E-state index in [0.717, 1.165) is 53.1 Å². The molecule has 1 aliphatic carbocycles. The first-order chi connectivity index (χ1) is 23.7. The fraction of sp³-hybridized carbons (Fsp3) is 0.333. The lowest BCUT2D eigenvalue weighted by Crippen LogP contribution is -2.55. The normalized spacial score (nSPS) is 14.0. The van der Waals surface area contributed by atoms with E-state index in [1.165, 1.54) is 24.1 Å². The molecule has 1 N–H and O–H groups in total. The summed E-state index contributed by atoms with van der Waals surface area (Å²) in [6.45, 7) is 1.45. The van der Waals surface area contributed by atoms with Gasteiger partial charge in [0.15, 0.2) is 0 Å². The third-order valence-electron chi connectivity index (χ3n) is 8.96. The number of rotatable bonds is 14. The summed E-state index contributed by atoms with van der Waals surface area (Å²) in [4.78, 5) is 30.6. The lowest BCUT2D eigenvalue weighted by atomic mass is 9.94. The first kappa shape index (κ1) is 35.5. The smallest absolute Gasteiger partial charge is 0.264 e. The van der Waals surface area contributed by atoms with Crippen LogP contribution in [0.25, 0.3) is 0 Å². The van der Waals surface area contributed by atoms with Crippen LogP contribution in [-0.4, -0.2) is 58.0 Å². The van der Waals surface area contributed by atoms with Gasteiger partial charge in [-0.15, -0.1) is 0 Å². The zero-order valence-electron chi connectivity index (χ0n) is 28.4. The molecular formula is C39H45N3O6S. The predicted octanol–water partition coefficient (Wildman–Crippen LogP) is 6.30. The number of carbonyl (C=O) groups excluding carboxylic acids is 2. The van der Waals surface area contributed by atoms with Crippen LogP contribution in [0.3, 0.4) is 0 Å². The summed E-state index contributed by atoms with van der Waals surface area (Å²) < 4.78 is 40.4. The van der Waals surface area contributed by atoms with E-state index in [9.17, 15) is 18.0 Å². The number of anilines is 1. The zero-order chi connectivity index (χ0) is 34.8. The molecule has 0 unspecified atom stereocenters. The van der Waals surface area contributed by atoms with E-state index < -0.39 is 28.5 Å². The molecule has 0 aliphatic heterocycles. The van der Waals surface area contributed by atoms with Crippen molar-refractivity contribution in [3.8, 4) is 11.5 Å².